The van der Waals surface area contributed by atoms with Gasteiger partial charge in [-0.1, -0.05) is 18.2 Å². The molecule has 2 aromatic heterocycles. The van der Waals surface area contributed by atoms with Crippen LogP contribution in [0.3, 0.4) is 0 Å². The average molecular weight is 279 g/mol. The maximum Gasteiger partial charge on any atom is 0.361 e. The molecule has 2 aromatic rings. The van der Waals surface area contributed by atoms with Crippen LogP contribution in [-0.4, -0.2) is 27.6 Å². The third-order valence-electron chi connectivity index (χ3n) is 2.93. The number of hydrogen-bond acceptors (Lipinski definition) is 5. The van der Waals surface area contributed by atoms with E-state index in [-0.39, 0.29) is 6.04 Å². The summed E-state index contributed by atoms with van der Waals surface area (Å²) in [6.45, 7) is 6.25. The van der Waals surface area contributed by atoms with Crippen molar-refractivity contribution in [1.29, 1.82) is 0 Å². The Morgan fingerprint density at radius 1 is 1.53 bits per heavy atom. The third kappa shape index (κ3) is 2.68. The van der Waals surface area contributed by atoms with Crippen molar-refractivity contribution in [3.05, 3.63) is 23.2 Å². The van der Waals surface area contributed by atoms with Crippen molar-refractivity contribution in [1.82, 2.24) is 15.0 Å². The quantitative estimate of drug-likeness (QED) is 0.789. The first-order chi connectivity index (χ1) is 9.19. The third-order valence-corrected chi connectivity index (χ3v) is 3.80. The first kappa shape index (κ1) is 13.7. The highest BCUT2D eigenvalue weighted by Gasteiger charge is 2.24. The van der Waals surface area contributed by atoms with Crippen molar-refractivity contribution in [2.75, 3.05) is 6.61 Å². The molecule has 0 aromatic carbocycles. The Morgan fingerprint density at radius 3 is 2.89 bits per heavy atom. The number of carbonyl (C=O) groups is 1. The van der Waals surface area contributed by atoms with Crippen molar-refractivity contribution >= 4 is 17.3 Å². The Kier molecular flexibility index (Phi) is 4.31. The fraction of sp³-hybridized carbons (Fsp3) is 0.462. The average Bonchev–Trinajstić information content (AvgIpc) is 3.06. The van der Waals surface area contributed by atoms with E-state index in [2.05, 4.69) is 24.2 Å². The normalized spacial score (nSPS) is 12.4. The van der Waals surface area contributed by atoms with Crippen molar-refractivity contribution in [2.45, 2.75) is 33.2 Å². The van der Waals surface area contributed by atoms with Crippen LogP contribution < -0.4 is 0 Å². The number of nitrogens with zero attached hydrogens (tertiary/aromatic N) is 3. The van der Waals surface area contributed by atoms with Gasteiger partial charge in [-0.3, -0.25) is 0 Å². The molecule has 19 heavy (non-hydrogen) atoms. The Labute approximate surface area is 116 Å². The summed E-state index contributed by atoms with van der Waals surface area (Å²) in [5.41, 5.74) is 1.05. The summed E-state index contributed by atoms with van der Waals surface area (Å²) in [5, 5.41) is 10.1. The van der Waals surface area contributed by atoms with Crippen LogP contribution in [0, 0.1) is 0 Å². The predicted molar refractivity (Wildman–Crippen MR) is 74.3 cm³/mol. The van der Waals surface area contributed by atoms with E-state index in [0.717, 1.165) is 17.0 Å². The van der Waals surface area contributed by atoms with Gasteiger partial charge in [0.25, 0.3) is 0 Å². The van der Waals surface area contributed by atoms with Gasteiger partial charge < -0.3 is 4.74 Å². The van der Waals surface area contributed by atoms with Crippen LogP contribution in [-0.2, 0) is 4.74 Å². The number of aromatic nitrogens is 3. The molecule has 0 N–H and O–H groups in total. The molecule has 1 atom stereocenters. The van der Waals surface area contributed by atoms with E-state index in [9.17, 15) is 4.79 Å². The summed E-state index contributed by atoms with van der Waals surface area (Å²) < 4.78 is 6.85. The van der Waals surface area contributed by atoms with Crippen LogP contribution in [0.15, 0.2) is 17.5 Å². The molecule has 0 bridgehead atoms. The molecule has 0 saturated carbocycles. The van der Waals surface area contributed by atoms with Gasteiger partial charge in [-0.05, 0) is 31.7 Å². The second-order valence-corrected chi connectivity index (χ2v) is 5.13. The Hall–Kier alpha value is -1.69. The number of carbonyl (C=O) groups excluding carboxylic acids is 1. The number of esters is 1. The van der Waals surface area contributed by atoms with E-state index in [1.54, 1.807) is 22.9 Å². The van der Waals surface area contributed by atoms with Gasteiger partial charge in [0.2, 0.25) is 0 Å². The van der Waals surface area contributed by atoms with Gasteiger partial charge in [0.05, 0.1) is 17.5 Å². The van der Waals surface area contributed by atoms with Gasteiger partial charge >= 0.3 is 5.97 Å². The largest absolute Gasteiger partial charge is 0.461 e. The van der Waals surface area contributed by atoms with Crippen LogP contribution in [0.5, 0.6) is 0 Å². The summed E-state index contributed by atoms with van der Waals surface area (Å²) >= 11 is 1.56. The zero-order valence-electron chi connectivity index (χ0n) is 11.3. The highest BCUT2D eigenvalue weighted by Crippen LogP contribution is 2.30. The molecule has 0 fully saturated rings. The highest BCUT2D eigenvalue weighted by atomic mass is 32.1. The van der Waals surface area contributed by atoms with E-state index in [1.165, 1.54) is 0 Å². The summed E-state index contributed by atoms with van der Waals surface area (Å²) in [7, 11) is 0. The minimum atomic E-state index is -0.416. The molecule has 0 aliphatic carbocycles. The lowest BCUT2D eigenvalue weighted by Gasteiger charge is -2.12. The zero-order chi connectivity index (χ0) is 13.8. The van der Waals surface area contributed by atoms with E-state index in [0.29, 0.717) is 12.3 Å². The van der Waals surface area contributed by atoms with E-state index in [4.69, 9.17) is 4.74 Å². The fourth-order valence-corrected chi connectivity index (χ4v) is 2.52. The molecule has 2 rings (SSSR count). The molecule has 1 unspecified atom stereocenters. The predicted octanol–water partition coefficient (Wildman–Crippen LogP) is 3.15. The molecule has 2 heterocycles. The zero-order valence-corrected chi connectivity index (χ0v) is 12.1. The fourth-order valence-electron chi connectivity index (χ4n) is 1.75. The molecule has 0 amide bonds. The van der Waals surface area contributed by atoms with Crippen LogP contribution in [0.1, 0.15) is 43.7 Å². The maximum absolute atomic E-state index is 12.0. The van der Waals surface area contributed by atoms with E-state index >= 15 is 0 Å². The maximum atomic E-state index is 12.0. The molecule has 0 aliphatic rings. The van der Waals surface area contributed by atoms with E-state index in [1.807, 2.05) is 17.5 Å². The molecule has 0 radical (unpaired) electrons. The standard InChI is InChI=1S/C13H17N3O2S/c1-4-9(3)16-12(10-7-6-8-19-10)11(14-15-16)13(17)18-5-2/h6-9H,4-5H2,1-3H3. The molecule has 0 spiro atoms. The minimum Gasteiger partial charge on any atom is -0.461 e. The second kappa shape index (κ2) is 5.97. The lowest BCUT2D eigenvalue weighted by atomic mass is 10.2. The SMILES string of the molecule is CCOC(=O)c1nnn(C(C)CC)c1-c1cccs1. The Morgan fingerprint density at radius 2 is 2.32 bits per heavy atom. The molecule has 6 heteroatoms. The smallest absolute Gasteiger partial charge is 0.361 e. The molecule has 0 aliphatic heterocycles. The Balaban J connectivity index is 2.50. The topological polar surface area (TPSA) is 57.0 Å². The van der Waals surface area contributed by atoms with Crippen molar-refractivity contribution in [3.63, 3.8) is 0 Å². The van der Waals surface area contributed by atoms with Crippen LogP contribution in [0.25, 0.3) is 10.6 Å². The van der Waals surface area contributed by atoms with Gasteiger partial charge in [0.15, 0.2) is 5.69 Å². The van der Waals surface area contributed by atoms with Crippen LogP contribution >= 0.6 is 11.3 Å². The molecular formula is C13H17N3O2S. The number of ether oxygens (including phenoxy) is 1. The van der Waals surface area contributed by atoms with Crippen molar-refractivity contribution < 1.29 is 9.53 Å². The molecule has 0 saturated heterocycles. The molecule has 5 nitrogen and oxygen atoms in total. The van der Waals surface area contributed by atoms with Gasteiger partial charge in [0, 0.05) is 0 Å². The van der Waals surface area contributed by atoms with E-state index < -0.39 is 5.97 Å². The first-order valence-electron chi connectivity index (χ1n) is 6.35. The number of hydrogen-bond donors (Lipinski definition) is 0. The van der Waals surface area contributed by atoms with Crippen molar-refractivity contribution in [3.8, 4) is 10.6 Å². The molecule has 102 valence electrons. The lowest BCUT2D eigenvalue weighted by Crippen LogP contribution is -2.10. The van der Waals surface area contributed by atoms with Crippen LogP contribution in [0.2, 0.25) is 0 Å². The summed E-state index contributed by atoms with van der Waals surface area (Å²) in [6.07, 6.45) is 0.921. The van der Waals surface area contributed by atoms with Gasteiger partial charge in [-0.2, -0.15) is 0 Å². The van der Waals surface area contributed by atoms with Crippen LogP contribution in [0.4, 0.5) is 0 Å². The molecular weight excluding hydrogens is 262 g/mol. The van der Waals surface area contributed by atoms with Gasteiger partial charge in [0.1, 0.15) is 5.69 Å². The van der Waals surface area contributed by atoms with Gasteiger partial charge in [-0.25, -0.2) is 9.48 Å². The van der Waals surface area contributed by atoms with Gasteiger partial charge in [-0.15, -0.1) is 16.4 Å². The number of thiophene rings is 1. The first-order valence-corrected chi connectivity index (χ1v) is 7.23. The highest BCUT2D eigenvalue weighted by molar-refractivity contribution is 7.13. The number of rotatable bonds is 5. The monoisotopic (exact) mass is 279 g/mol. The lowest BCUT2D eigenvalue weighted by molar-refractivity contribution is 0.0520. The second-order valence-electron chi connectivity index (χ2n) is 4.19. The van der Waals surface area contributed by atoms with Crippen molar-refractivity contribution in [2.24, 2.45) is 0 Å². The summed E-state index contributed by atoms with van der Waals surface area (Å²) in [4.78, 5) is 12.9. The minimum absolute atomic E-state index is 0.188. The summed E-state index contributed by atoms with van der Waals surface area (Å²) in [6, 6.07) is 4.10. The summed E-state index contributed by atoms with van der Waals surface area (Å²) in [5.74, 6) is -0.416. The Bertz CT molecular complexity index is 548.